The molecule has 1 unspecified atom stereocenters. The van der Waals surface area contributed by atoms with Crippen LogP contribution >= 0.6 is 0 Å². The first-order chi connectivity index (χ1) is 14.6. The van der Waals surface area contributed by atoms with Crippen LogP contribution in [0.4, 0.5) is 5.82 Å². The lowest BCUT2D eigenvalue weighted by Crippen LogP contribution is -2.25. The second-order valence-electron chi connectivity index (χ2n) is 7.80. The van der Waals surface area contributed by atoms with Crippen LogP contribution in [0.5, 0.6) is 17.2 Å². The van der Waals surface area contributed by atoms with Crippen molar-refractivity contribution in [3.05, 3.63) is 65.4 Å². The van der Waals surface area contributed by atoms with Crippen LogP contribution in [0, 0.1) is 0 Å². The zero-order chi connectivity index (χ0) is 20.7. The number of benzene rings is 2. The van der Waals surface area contributed by atoms with E-state index >= 15 is 0 Å². The summed E-state index contributed by atoms with van der Waals surface area (Å²) in [7, 11) is 0. The van der Waals surface area contributed by atoms with E-state index in [4.69, 9.17) is 14.2 Å². The molecule has 2 aliphatic heterocycles. The summed E-state index contributed by atoms with van der Waals surface area (Å²) in [5, 5.41) is 7.58. The molecular formula is C23H23N3O4. The topological polar surface area (TPSA) is 74.6 Å². The van der Waals surface area contributed by atoms with Gasteiger partial charge in [-0.15, -0.1) is 0 Å². The number of carbonyl (C=O) groups is 1. The van der Waals surface area contributed by atoms with Gasteiger partial charge in [0, 0.05) is 23.5 Å². The molecule has 0 saturated heterocycles. The fraction of sp³-hybridized carbons (Fsp3) is 0.304. The lowest BCUT2D eigenvalue weighted by atomic mass is 9.87. The van der Waals surface area contributed by atoms with E-state index < -0.39 is 0 Å². The van der Waals surface area contributed by atoms with Crippen LogP contribution in [-0.2, 0) is 11.3 Å². The van der Waals surface area contributed by atoms with Crippen molar-refractivity contribution in [3.8, 4) is 17.2 Å². The molecule has 0 bridgehead atoms. The molecule has 1 amide bonds. The van der Waals surface area contributed by atoms with Crippen molar-refractivity contribution in [1.82, 2.24) is 9.78 Å². The Bertz CT molecular complexity index is 1110. The van der Waals surface area contributed by atoms with Crippen molar-refractivity contribution in [1.29, 1.82) is 0 Å². The minimum Gasteiger partial charge on any atom is -0.491 e. The van der Waals surface area contributed by atoms with Gasteiger partial charge in [-0.3, -0.25) is 4.79 Å². The maximum Gasteiger partial charge on any atom is 0.231 e. The van der Waals surface area contributed by atoms with Crippen molar-refractivity contribution in [3.63, 3.8) is 0 Å². The van der Waals surface area contributed by atoms with Crippen molar-refractivity contribution < 1.29 is 19.0 Å². The van der Waals surface area contributed by atoms with Gasteiger partial charge in [0.15, 0.2) is 11.5 Å². The Morgan fingerprint density at radius 3 is 2.87 bits per heavy atom. The minimum absolute atomic E-state index is 0.0284. The molecule has 3 heterocycles. The number of nitrogens with one attached hydrogen (secondary N) is 1. The molecule has 1 aromatic heterocycles. The molecule has 3 aromatic rings. The molecule has 154 valence electrons. The van der Waals surface area contributed by atoms with Gasteiger partial charge in [-0.2, -0.15) is 5.10 Å². The highest BCUT2D eigenvalue weighted by Gasteiger charge is 2.32. The number of rotatable bonds is 5. The molecule has 2 aromatic carbocycles. The molecule has 5 rings (SSSR count). The van der Waals surface area contributed by atoms with Crippen LogP contribution < -0.4 is 19.5 Å². The third-order valence-corrected chi connectivity index (χ3v) is 5.32. The number of ether oxygens (including phenoxy) is 3. The SMILES string of the molecule is CC(C)Oc1ccccc1C1CC(=O)Nc2c1cnn2Cc1ccc2c(c1)OCO2. The number of anilines is 1. The molecule has 1 atom stereocenters. The summed E-state index contributed by atoms with van der Waals surface area (Å²) in [4.78, 5) is 12.6. The summed E-state index contributed by atoms with van der Waals surface area (Å²) >= 11 is 0. The summed E-state index contributed by atoms with van der Waals surface area (Å²) in [5.74, 6) is 2.88. The van der Waals surface area contributed by atoms with E-state index in [2.05, 4.69) is 10.4 Å². The van der Waals surface area contributed by atoms with Crippen LogP contribution in [0.3, 0.4) is 0 Å². The number of hydrogen-bond donors (Lipinski definition) is 1. The number of aromatic nitrogens is 2. The fourth-order valence-corrected chi connectivity index (χ4v) is 4.01. The third-order valence-electron chi connectivity index (χ3n) is 5.32. The fourth-order valence-electron chi connectivity index (χ4n) is 4.01. The Morgan fingerprint density at radius 2 is 2.00 bits per heavy atom. The minimum atomic E-state index is -0.103. The van der Waals surface area contributed by atoms with E-state index in [-0.39, 0.29) is 24.7 Å². The molecule has 7 nitrogen and oxygen atoms in total. The molecule has 1 N–H and O–H groups in total. The highest BCUT2D eigenvalue weighted by atomic mass is 16.7. The summed E-state index contributed by atoms with van der Waals surface area (Å²) in [5.41, 5.74) is 3.02. The smallest absolute Gasteiger partial charge is 0.231 e. The van der Waals surface area contributed by atoms with Crippen LogP contribution in [0.1, 0.15) is 42.9 Å². The summed E-state index contributed by atoms with van der Waals surface area (Å²) in [6, 6.07) is 13.7. The Morgan fingerprint density at radius 1 is 1.17 bits per heavy atom. The summed E-state index contributed by atoms with van der Waals surface area (Å²) in [6.07, 6.45) is 2.26. The molecule has 2 aliphatic rings. The van der Waals surface area contributed by atoms with Gasteiger partial charge in [-0.25, -0.2) is 4.68 Å². The number of amides is 1. The monoisotopic (exact) mass is 405 g/mol. The van der Waals surface area contributed by atoms with E-state index in [9.17, 15) is 4.79 Å². The van der Waals surface area contributed by atoms with Crippen LogP contribution in [-0.4, -0.2) is 28.6 Å². The molecule has 0 fully saturated rings. The Balaban J connectivity index is 1.49. The van der Waals surface area contributed by atoms with Gasteiger partial charge in [-0.1, -0.05) is 24.3 Å². The van der Waals surface area contributed by atoms with Gasteiger partial charge in [0.25, 0.3) is 0 Å². The maximum absolute atomic E-state index is 12.6. The quantitative estimate of drug-likeness (QED) is 0.696. The Kier molecular flexibility index (Phi) is 4.58. The standard InChI is InChI=1S/C23H23N3O4/c1-14(2)30-19-6-4-3-5-16(19)17-10-22(27)25-23-18(17)11-24-26(23)12-15-7-8-20-21(9-15)29-13-28-20/h3-9,11,14,17H,10,12-13H2,1-2H3,(H,25,27). The first kappa shape index (κ1) is 18.5. The molecular weight excluding hydrogens is 382 g/mol. The van der Waals surface area contributed by atoms with Crippen molar-refractivity contribution >= 4 is 11.7 Å². The molecule has 0 radical (unpaired) electrons. The van der Waals surface area contributed by atoms with E-state index in [1.807, 2.05) is 67.2 Å². The average Bonchev–Trinajstić information content (AvgIpc) is 3.34. The second-order valence-corrected chi connectivity index (χ2v) is 7.80. The van der Waals surface area contributed by atoms with Gasteiger partial charge in [0.2, 0.25) is 12.7 Å². The Labute approximate surface area is 174 Å². The zero-order valence-electron chi connectivity index (χ0n) is 16.9. The zero-order valence-corrected chi connectivity index (χ0v) is 16.9. The van der Waals surface area contributed by atoms with E-state index in [1.165, 1.54) is 0 Å². The maximum atomic E-state index is 12.6. The van der Waals surface area contributed by atoms with Crippen LogP contribution in [0.25, 0.3) is 0 Å². The van der Waals surface area contributed by atoms with Crippen molar-refractivity contribution in [2.45, 2.75) is 38.8 Å². The van der Waals surface area contributed by atoms with Gasteiger partial charge in [-0.05, 0) is 37.6 Å². The first-order valence-electron chi connectivity index (χ1n) is 10.1. The number of fused-ring (bicyclic) bond motifs is 2. The number of hydrogen-bond acceptors (Lipinski definition) is 5. The van der Waals surface area contributed by atoms with Crippen molar-refractivity contribution in [2.24, 2.45) is 0 Å². The lowest BCUT2D eigenvalue weighted by molar-refractivity contribution is -0.116. The highest BCUT2D eigenvalue weighted by Crippen LogP contribution is 2.41. The predicted octanol–water partition coefficient (Wildman–Crippen LogP) is 3.92. The van der Waals surface area contributed by atoms with Gasteiger partial charge >= 0.3 is 0 Å². The number of carbonyl (C=O) groups excluding carboxylic acids is 1. The van der Waals surface area contributed by atoms with Crippen molar-refractivity contribution in [2.75, 3.05) is 12.1 Å². The van der Waals surface area contributed by atoms with E-state index in [1.54, 1.807) is 0 Å². The third kappa shape index (κ3) is 3.36. The average molecular weight is 405 g/mol. The van der Waals surface area contributed by atoms with Crippen LogP contribution in [0.15, 0.2) is 48.7 Å². The first-order valence-corrected chi connectivity index (χ1v) is 10.1. The number of para-hydroxylation sites is 1. The van der Waals surface area contributed by atoms with Gasteiger partial charge in [0.05, 0.1) is 18.8 Å². The highest BCUT2D eigenvalue weighted by molar-refractivity contribution is 5.94. The molecule has 0 spiro atoms. The summed E-state index contributed by atoms with van der Waals surface area (Å²) < 4.78 is 18.7. The molecule has 30 heavy (non-hydrogen) atoms. The predicted molar refractivity (Wildman–Crippen MR) is 111 cm³/mol. The molecule has 0 aliphatic carbocycles. The molecule has 0 saturated carbocycles. The second kappa shape index (κ2) is 7.40. The Hall–Kier alpha value is -3.48. The lowest BCUT2D eigenvalue weighted by Gasteiger charge is -2.26. The van der Waals surface area contributed by atoms with E-state index in [0.717, 1.165) is 39.8 Å². The van der Waals surface area contributed by atoms with Gasteiger partial charge in [0.1, 0.15) is 11.6 Å². The van der Waals surface area contributed by atoms with Crippen LogP contribution in [0.2, 0.25) is 0 Å². The summed E-state index contributed by atoms with van der Waals surface area (Å²) in [6.45, 7) is 4.76. The largest absolute Gasteiger partial charge is 0.491 e. The van der Waals surface area contributed by atoms with E-state index in [0.29, 0.717) is 13.0 Å². The van der Waals surface area contributed by atoms with Gasteiger partial charge < -0.3 is 19.5 Å². The molecule has 7 heteroatoms. The number of nitrogens with zero attached hydrogens (tertiary/aromatic N) is 2. The normalized spacial score (nSPS) is 17.0.